The van der Waals surface area contributed by atoms with Gasteiger partial charge in [-0.1, -0.05) is 6.07 Å². The molecule has 10 nitrogen and oxygen atoms in total. The second-order valence-electron chi connectivity index (χ2n) is 8.10. The van der Waals surface area contributed by atoms with Crippen LogP contribution in [0.3, 0.4) is 0 Å². The number of carbonyl (C=O) groups is 1. The first kappa shape index (κ1) is 22.8. The molecule has 1 aliphatic heterocycles. The van der Waals surface area contributed by atoms with Crippen molar-refractivity contribution < 1.29 is 24.5 Å². The van der Waals surface area contributed by atoms with Gasteiger partial charge in [0.25, 0.3) is 5.91 Å². The van der Waals surface area contributed by atoms with Gasteiger partial charge in [-0.05, 0) is 48.0 Å². The number of aromatic nitrogens is 3. The molecule has 1 aliphatic rings. The van der Waals surface area contributed by atoms with Crippen molar-refractivity contribution in [1.29, 1.82) is 0 Å². The molecule has 1 amide bonds. The molecule has 0 spiro atoms. The second kappa shape index (κ2) is 9.71. The standard InChI is InChI=1S/C25H25N5O5/c1-34-24-17(3-2-8-27-24)15-5-7-21(31)18(13-15)22-28-19-6-4-16(14-20(19)29-22)23(32)26-9-10-30-11-12-35-25(30)33/h2-8,13-14,25,31,33H,9-12H2,1H3,(H,26,32)(H,28,29). The van der Waals surface area contributed by atoms with E-state index in [1.54, 1.807) is 48.5 Å². The lowest BCUT2D eigenvalue weighted by Gasteiger charge is -2.17. The monoisotopic (exact) mass is 475 g/mol. The lowest BCUT2D eigenvalue weighted by atomic mass is 10.0. The highest BCUT2D eigenvalue weighted by Crippen LogP contribution is 2.35. The number of hydrogen-bond acceptors (Lipinski definition) is 8. The zero-order valence-electron chi connectivity index (χ0n) is 19.1. The number of benzene rings is 2. The quantitative estimate of drug-likeness (QED) is 0.320. The Morgan fingerprint density at radius 3 is 2.94 bits per heavy atom. The smallest absolute Gasteiger partial charge is 0.251 e. The topological polar surface area (TPSA) is 133 Å². The van der Waals surface area contributed by atoms with Crippen LogP contribution in [0.2, 0.25) is 0 Å². The van der Waals surface area contributed by atoms with Crippen LogP contribution in [-0.4, -0.2) is 75.7 Å². The molecular weight excluding hydrogens is 450 g/mol. The molecule has 5 rings (SSSR count). The number of fused-ring (bicyclic) bond motifs is 1. The van der Waals surface area contributed by atoms with E-state index in [0.717, 1.165) is 11.1 Å². The lowest BCUT2D eigenvalue weighted by molar-refractivity contribution is -0.132. The van der Waals surface area contributed by atoms with Crippen LogP contribution in [0.25, 0.3) is 33.5 Å². The molecule has 0 aliphatic carbocycles. The van der Waals surface area contributed by atoms with E-state index in [9.17, 15) is 15.0 Å². The van der Waals surface area contributed by atoms with Crippen molar-refractivity contribution in [3.05, 3.63) is 60.3 Å². The highest BCUT2D eigenvalue weighted by atomic mass is 16.6. The summed E-state index contributed by atoms with van der Waals surface area (Å²) in [7, 11) is 1.56. The van der Waals surface area contributed by atoms with Gasteiger partial charge >= 0.3 is 0 Å². The Hall–Kier alpha value is -3.99. The molecule has 3 heterocycles. The van der Waals surface area contributed by atoms with Crippen molar-refractivity contribution in [2.24, 2.45) is 0 Å². The van der Waals surface area contributed by atoms with Crippen LogP contribution in [0.5, 0.6) is 11.6 Å². The zero-order valence-corrected chi connectivity index (χ0v) is 19.1. The fourth-order valence-corrected chi connectivity index (χ4v) is 4.07. The first-order chi connectivity index (χ1) is 17.0. The highest BCUT2D eigenvalue weighted by molar-refractivity contribution is 5.97. The van der Waals surface area contributed by atoms with Crippen molar-refractivity contribution in [3.63, 3.8) is 0 Å². The Balaban J connectivity index is 1.37. The van der Waals surface area contributed by atoms with Crippen LogP contribution in [0.15, 0.2) is 54.7 Å². The summed E-state index contributed by atoms with van der Waals surface area (Å²) in [6, 6.07) is 14.1. The Morgan fingerprint density at radius 1 is 1.26 bits per heavy atom. The number of aliphatic hydroxyl groups excluding tert-OH is 1. The number of pyridine rings is 1. The minimum absolute atomic E-state index is 0.0710. The molecule has 1 unspecified atom stereocenters. The predicted molar refractivity (Wildman–Crippen MR) is 129 cm³/mol. The number of nitrogens with zero attached hydrogens (tertiary/aromatic N) is 3. The summed E-state index contributed by atoms with van der Waals surface area (Å²) in [6.07, 6.45) is 0.738. The summed E-state index contributed by atoms with van der Waals surface area (Å²) in [6.45, 7) is 1.97. The van der Waals surface area contributed by atoms with E-state index in [2.05, 4.69) is 20.3 Å². The third kappa shape index (κ3) is 4.67. The minimum Gasteiger partial charge on any atom is -0.507 e. The van der Waals surface area contributed by atoms with E-state index in [4.69, 9.17) is 9.47 Å². The fraction of sp³-hybridized carbons (Fsp3) is 0.240. The summed E-state index contributed by atoms with van der Waals surface area (Å²) in [5.74, 6) is 0.798. The van der Waals surface area contributed by atoms with Crippen LogP contribution in [-0.2, 0) is 4.74 Å². The molecule has 1 fully saturated rings. The number of rotatable bonds is 7. The van der Waals surface area contributed by atoms with Crippen molar-refractivity contribution in [2.75, 3.05) is 33.4 Å². The molecule has 0 radical (unpaired) electrons. The summed E-state index contributed by atoms with van der Waals surface area (Å²) >= 11 is 0. The molecular formula is C25H25N5O5. The predicted octanol–water partition coefficient (Wildman–Crippen LogP) is 2.34. The van der Waals surface area contributed by atoms with Gasteiger partial charge in [-0.3, -0.25) is 9.69 Å². The van der Waals surface area contributed by atoms with Crippen LogP contribution >= 0.6 is 0 Å². The highest BCUT2D eigenvalue weighted by Gasteiger charge is 2.22. The Labute approximate surface area is 201 Å². The molecule has 10 heteroatoms. The molecule has 180 valence electrons. The van der Waals surface area contributed by atoms with E-state index in [1.165, 1.54) is 0 Å². The molecule has 35 heavy (non-hydrogen) atoms. The molecule has 1 atom stereocenters. The molecule has 2 aromatic carbocycles. The van der Waals surface area contributed by atoms with Crippen LogP contribution in [0, 0.1) is 0 Å². The van der Waals surface area contributed by atoms with Gasteiger partial charge in [0.1, 0.15) is 11.6 Å². The summed E-state index contributed by atoms with van der Waals surface area (Å²) in [5.41, 5.74) is 3.93. The van der Waals surface area contributed by atoms with Crippen molar-refractivity contribution in [3.8, 4) is 34.1 Å². The first-order valence-electron chi connectivity index (χ1n) is 11.2. The Morgan fingerprint density at radius 2 is 2.14 bits per heavy atom. The molecule has 4 N–H and O–H groups in total. The van der Waals surface area contributed by atoms with Crippen LogP contribution in [0.4, 0.5) is 0 Å². The van der Waals surface area contributed by atoms with Crippen molar-refractivity contribution in [2.45, 2.75) is 6.41 Å². The maximum absolute atomic E-state index is 12.6. The number of aromatic hydroxyl groups is 1. The number of H-pyrrole nitrogens is 1. The van der Waals surface area contributed by atoms with E-state index in [1.807, 2.05) is 18.2 Å². The Kier molecular flexibility index (Phi) is 6.32. The number of hydrogen-bond donors (Lipinski definition) is 4. The summed E-state index contributed by atoms with van der Waals surface area (Å²) in [4.78, 5) is 26.4. The van der Waals surface area contributed by atoms with Gasteiger partial charge in [-0.2, -0.15) is 0 Å². The molecule has 2 aromatic heterocycles. The number of phenolic OH excluding ortho intramolecular Hbond substituents is 1. The van der Waals surface area contributed by atoms with Crippen molar-refractivity contribution in [1.82, 2.24) is 25.2 Å². The second-order valence-corrected chi connectivity index (χ2v) is 8.10. The minimum atomic E-state index is -0.916. The van der Waals surface area contributed by atoms with Gasteiger partial charge in [0.2, 0.25) is 12.3 Å². The van der Waals surface area contributed by atoms with Gasteiger partial charge < -0.3 is 30.0 Å². The fourth-order valence-electron chi connectivity index (χ4n) is 4.07. The number of aromatic amines is 1. The van der Waals surface area contributed by atoms with Gasteiger partial charge in [-0.15, -0.1) is 0 Å². The third-order valence-corrected chi connectivity index (χ3v) is 5.91. The summed E-state index contributed by atoms with van der Waals surface area (Å²) in [5, 5.41) is 23.1. The summed E-state index contributed by atoms with van der Waals surface area (Å²) < 4.78 is 10.4. The van der Waals surface area contributed by atoms with E-state index < -0.39 is 6.41 Å². The maximum atomic E-state index is 12.6. The number of phenols is 1. The van der Waals surface area contributed by atoms with E-state index in [-0.39, 0.29) is 11.7 Å². The molecule has 1 saturated heterocycles. The molecule has 0 bridgehead atoms. The van der Waals surface area contributed by atoms with Crippen LogP contribution in [0.1, 0.15) is 10.4 Å². The Bertz CT molecular complexity index is 1370. The van der Waals surface area contributed by atoms with Gasteiger partial charge in [-0.25, -0.2) is 9.97 Å². The molecule has 0 saturated carbocycles. The van der Waals surface area contributed by atoms with E-state index >= 15 is 0 Å². The number of methoxy groups -OCH3 is 1. The van der Waals surface area contributed by atoms with Crippen molar-refractivity contribution >= 4 is 16.9 Å². The lowest BCUT2D eigenvalue weighted by Crippen LogP contribution is -2.37. The number of ether oxygens (including phenoxy) is 2. The number of amides is 1. The van der Waals surface area contributed by atoms with Gasteiger partial charge in [0.15, 0.2) is 0 Å². The zero-order chi connectivity index (χ0) is 24.4. The number of carbonyl (C=O) groups excluding carboxylic acids is 1. The normalized spacial score (nSPS) is 16.0. The largest absolute Gasteiger partial charge is 0.507 e. The van der Waals surface area contributed by atoms with E-state index in [0.29, 0.717) is 60.1 Å². The molecule has 4 aromatic rings. The van der Waals surface area contributed by atoms with Gasteiger partial charge in [0, 0.05) is 37.0 Å². The first-order valence-corrected chi connectivity index (χ1v) is 11.2. The maximum Gasteiger partial charge on any atom is 0.251 e. The number of nitrogens with one attached hydrogen (secondary N) is 2. The third-order valence-electron chi connectivity index (χ3n) is 5.91. The SMILES string of the molecule is COc1ncccc1-c1ccc(O)c(-c2nc3ccc(C(=O)NCCN4CCOC4O)cc3[nH]2)c1. The van der Waals surface area contributed by atoms with Crippen LogP contribution < -0.4 is 10.1 Å². The number of imidazole rings is 1. The average Bonchev–Trinajstić information content (AvgIpc) is 3.49. The average molecular weight is 476 g/mol. The van der Waals surface area contributed by atoms with Gasteiger partial charge in [0.05, 0.1) is 30.3 Å². The number of aliphatic hydroxyl groups is 1.